The maximum absolute atomic E-state index is 12.6. The summed E-state index contributed by atoms with van der Waals surface area (Å²) >= 11 is 1.31. The molecule has 2 heterocycles. The third-order valence-corrected chi connectivity index (χ3v) is 5.09. The zero-order chi connectivity index (χ0) is 19.5. The summed E-state index contributed by atoms with van der Waals surface area (Å²) in [5, 5.41) is 4.30. The molecule has 0 aliphatic carbocycles. The molecule has 0 saturated carbocycles. The van der Waals surface area contributed by atoms with Crippen molar-refractivity contribution in [3.63, 3.8) is 0 Å². The largest absolute Gasteiger partial charge is 0.497 e. The molecule has 0 radical (unpaired) electrons. The molecule has 0 fully saturated rings. The van der Waals surface area contributed by atoms with Crippen LogP contribution in [-0.2, 0) is 0 Å². The molecular formula is C21H17N3O3S. The highest BCUT2D eigenvalue weighted by atomic mass is 32.1. The highest BCUT2D eigenvalue weighted by Crippen LogP contribution is 2.14. The number of nitrogens with zero attached hydrogens (tertiary/aromatic N) is 3. The van der Waals surface area contributed by atoms with Gasteiger partial charge in [-0.05, 0) is 47.5 Å². The lowest BCUT2D eigenvalue weighted by Crippen LogP contribution is -2.23. The fraction of sp³-hybridized carbons (Fsp3) is 0.0952. The highest BCUT2D eigenvalue weighted by molar-refractivity contribution is 7.15. The molecule has 0 saturated heterocycles. The third-order valence-electron chi connectivity index (χ3n) is 4.13. The van der Waals surface area contributed by atoms with Gasteiger partial charge in [0.05, 0.1) is 18.8 Å². The molecule has 0 spiro atoms. The molecule has 28 heavy (non-hydrogen) atoms. The van der Waals surface area contributed by atoms with Crippen LogP contribution in [0.5, 0.6) is 11.5 Å². The molecule has 140 valence electrons. The summed E-state index contributed by atoms with van der Waals surface area (Å²) in [6, 6.07) is 15.2. The summed E-state index contributed by atoms with van der Waals surface area (Å²) in [6.07, 6.45) is 5.50. The van der Waals surface area contributed by atoms with E-state index < -0.39 is 0 Å². The van der Waals surface area contributed by atoms with Crippen molar-refractivity contribution < 1.29 is 9.47 Å². The van der Waals surface area contributed by atoms with E-state index in [2.05, 4.69) is 10.1 Å². The summed E-state index contributed by atoms with van der Waals surface area (Å²) in [4.78, 5) is 17.6. The first kappa shape index (κ1) is 17.9. The maximum atomic E-state index is 12.6. The van der Waals surface area contributed by atoms with Crippen LogP contribution in [0, 0.1) is 0 Å². The molecule has 0 atom stereocenters. The number of methoxy groups -OCH3 is 2. The lowest BCUT2D eigenvalue weighted by Gasteiger charge is -1.99. The first-order valence-corrected chi connectivity index (χ1v) is 9.35. The Balaban J connectivity index is 1.63. The van der Waals surface area contributed by atoms with E-state index in [0.29, 0.717) is 15.3 Å². The molecular weight excluding hydrogens is 374 g/mol. The van der Waals surface area contributed by atoms with E-state index in [9.17, 15) is 4.79 Å². The van der Waals surface area contributed by atoms with Gasteiger partial charge in [0.2, 0.25) is 4.96 Å². The minimum atomic E-state index is -0.181. The van der Waals surface area contributed by atoms with Gasteiger partial charge in [0.1, 0.15) is 11.5 Å². The van der Waals surface area contributed by atoms with Crippen molar-refractivity contribution in [1.29, 1.82) is 0 Å². The van der Waals surface area contributed by atoms with E-state index in [4.69, 9.17) is 9.47 Å². The Hall–Kier alpha value is -3.45. The second kappa shape index (κ2) is 7.66. The second-order valence-corrected chi connectivity index (χ2v) is 6.97. The van der Waals surface area contributed by atoms with Crippen molar-refractivity contribution in [2.24, 2.45) is 0 Å². The first-order valence-electron chi connectivity index (χ1n) is 8.54. The number of ether oxygens (including phenoxy) is 2. The van der Waals surface area contributed by atoms with Gasteiger partial charge in [-0.3, -0.25) is 4.79 Å². The summed E-state index contributed by atoms with van der Waals surface area (Å²) in [5.41, 5.74) is 1.70. The maximum Gasteiger partial charge on any atom is 0.291 e. The summed E-state index contributed by atoms with van der Waals surface area (Å²) in [7, 11) is 3.25. The van der Waals surface area contributed by atoms with Gasteiger partial charge in [-0.1, -0.05) is 41.7 Å². The Kier molecular flexibility index (Phi) is 4.90. The molecule has 2 aromatic carbocycles. The first-order chi connectivity index (χ1) is 13.7. The minimum absolute atomic E-state index is 0.181. The van der Waals surface area contributed by atoms with Crippen molar-refractivity contribution in [2.75, 3.05) is 14.2 Å². The molecule has 6 nitrogen and oxygen atoms in total. The second-order valence-electron chi connectivity index (χ2n) is 5.96. The van der Waals surface area contributed by atoms with E-state index in [-0.39, 0.29) is 5.56 Å². The van der Waals surface area contributed by atoms with Gasteiger partial charge < -0.3 is 9.47 Å². The van der Waals surface area contributed by atoms with Crippen molar-refractivity contribution >= 4 is 34.5 Å². The lowest BCUT2D eigenvalue weighted by atomic mass is 10.2. The van der Waals surface area contributed by atoms with Crippen LogP contribution in [0.4, 0.5) is 0 Å². The summed E-state index contributed by atoms with van der Waals surface area (Å²) in [6.45, 7) is 0. The van der Waals surface area contributed by atoms with Gasteiger partial charge in [-0.25, -0.2) is 0 Å². The number of hydrogen-bond donors (Lipinski definition) is 0. The lowest BCUT2D eigenvalue weighted by molar-refractivity contribution is 0.414. The number of hydrogen-bond acceptors (Lipinski definition) is 6. The Bertz CT molecular complexity index is 1260. The zero-order valence-electron chi connectivity index (χ0n) is 15.3. The van der Waals surface area contributed by atoms with Crippen LogP contribution in [-0.4, -0.2) is 28.8 Å². The topological polar surface area (TPSA) is 65.7 Å². The molecule has 0 aliphatic rings. The average Bonchev–Trinajstić information content (AvgIpc) is 3.26. The molecule has 4 aromatic rings. The number of fused-ring (bicyclic) bond motifs is 1. The normalized spacial score (nSPS) is 12.1. The van der Waals surface area contributed by atoms with Crippen LogP contribution in [0.3, 0.4) is 0 Å². The predicted octanol–water partition coefficient (Wildman–Crippen LogP) is 2.89. The van der Waals surface area contributed by atoms with Gasteiger partial charge in [0.25, 0.3) is 5.56 Å². The van der Waals surface area contributed by atoms with Crippen molar-refractivity contribution in [3.05, 3.63) is 80.4 Å². The van der Waals surface area contributed by atoms with Crippen LogP contribution in [0.1, 0.15) is 17.0 Å². The van der Waals surface area contributed by atoms with E-state index in [1.165, 1.54) is 15.9 Å². The van der Waals surface area contributed by atoms with Crippen LogP contribution < -0.4 is 19.6 Å². The van der Waals surface area contributed by atoms with Gasteiger partial charge in [-0.2, -0.15) is 9.50 Å². The molecule has 0 bridgehead atoms. The number of thiazole rings is 1. The standard InChI is InChI=1S/C21H17N3O3S/c1-26-16-9-6-14(7-10-16)8-11-19-22-21-24(23-19)20(25)18(28-21)13-15-4-3-5-17(12-15)27-2/h3-13H,1-2H3/b11-8+,18-13-. The van der Waals surface area contributed by atoms with Gasteiger partial charge in [0.15, 0.2) is 5.82 Å². The van der Waals surface area contributed by atoms with Crippen LogP contribution in [0.15, 0.2) is 53.3 Å². The summed E-state index contributed by atoms with van der Waals surface area (Å²) in [5.74, 6) is 2.03. The molecule has 0 aliphatic heterocycles. The smallest absolute Gasteiger partial charge is 0.291 e. The van der Waals surface area contributed by atoms with Crippen molar-refractivity contribution in [2.45, 2.75) is 0 Å². The average molecular weight is 391 g/mol. The Morgan fingerprint density at radius 2 is 1.75 bits per heavy atom. The molecule has 7 heteroatoms. The zero-order valence-corrected chi connectivity index (χ0v) is 16.1. The van der Waals surface area contributed by atoms with Gasteiger partial charge in [0, 0.05) is 0 Å². The highest BCUT2D eigenvalue weighted by Gasteiger charge is 2.09. The van der Waals surface area contributed by atoms with E-state index in [1.807, 2.05) is 60.7 Å². The molecule has 0 unspecified atom stereocenters. The number of aromatic nitrogens is 3. The van der Waals surface area contributed by atoms with Gasteiger partial charge >= 0.3 is 0 Å². The Morgan fingerprint density at radius 3 is 2.46 bits per heavy atom. The minimum Gasteiger partial charge on any atom is -0.497 e. The van der Waals surface area contributed by atoms with E-state index >= 15 is 0 Å². The fourth-order valence-corrected chi connectivity index (χ4v) is 3.60. The molecule has 0 N–H and O–H groups in total. The molecule has 2 aromatic heterocycles. The Morgan fingerprint density at radius 1 is 0.964 bits per heavy atom. The van der Waals surface area contributed by atoms with Crippen molar-refractivity contribution in [3.8, 4) is 11.5 Å². The van der Waals surface area contributed by atoms with E-state index in [0.717, 1.165) is 22.6 Å². The predicted molar refractivity (Wildman–Crippen MR) is 111 cm³/mol. The van der Waals surface area contributed by atoms with Crippen molar-refractivity contribution in [1.82, 2.24) is 14.6 Å². The summed E-state index contributed by atoms with van der Waals surface area (Å²) < 4.78 is 12.3. The number of benzene rings is 2. The third kappa shape index (κ3) is 3.65. The fourth-order valence-electron chi connectivity index (χ4n) is 2.69. The number of rotatable bonds is 5. The van der Waals surface area contributed by atoms with Gasteiger partial charge in [-0.15, -0.1) is 5.10 Å². The molecule has 4 rings (SSSR count). The SMILES string of the molecule is COc1ccc(/C=C/c2nc3s/c(=C\c4cccc(OC)c4)c(=O)n3n2)cc1. The van der Waals surface area contributed by atoms with E-state index in [1.54, 1.807) is 20.3 Å². The monoisotopic (exact) mass is 391 g/mol. The quantitative estimate of drug-likeness (QED) is 0.523. The van der Waals surface area contributed by atoms with Crippen LogP contribution in [0.25, 0.3) is 23.2 Å². The Labute approximate surface area is 165 Å². The van der Waals surface area contributed by atoms with Crippen LogP contribution in [0.2, 0.25) is 0 Å². The molecule has 0 amide bonds. The van der Waals surface area contributed by atoms with Crippen LogP contribution >= 0.6 is 11.3 Å².